The summed E-state index contributed by atoms with van der Waals surface area (Å²) in [5.41, 5.74) is 16.0. The first-order valence-electron chi connectivity index (χ1n) is 24.7. The van der Waals surface area contributed by atoms with Crippen LogP contribution in [0.4, 0.5) is 34.1 Å². The molecule has 0 fully saturated rings. The highest BCUT2D eigenvalue weighted by Gasteiger charge is 2.26. The molecule has 71 heavy (non-hydrogen) atoms. The summed E-state index contributed by atoms with van der Waals surface area (Å²) in [6.45, 7) is 13.5. The van der Waals surface area contributed by atoms with Gasteiger partial charge in [0.2, 0.25) is 0 Å². The van der Waals surface area contributed by atoms with Crippen molar-refractivity contribution in [2.45, 2.75) is 52.4 Å². The second-order valence-electron chi connectivity index (χ2n) is 21.4. The number of aromatic nitrogens is 1. The molecule has 0 saturated carbocycles. The van der Waals surface area contributed by atoms with Gasteiger partial charge in [-0.15, -0.1) is 0 Å². The van der Waals surface area contributed by atoms with Crippen LogP contribution in [-0.2, 0) is 10.8 Å². The minimum absolute atomic E-state index is 0.0527. The smallest absolute Gasteiger partial charge is 0.139 e. The Balaban J connectivity index is 0.958. The van der Waals surface area contributed by atoms with Crippen molar-refractivity contribution < 1.29 is 8.83 Å². The van der Waals surface area contributed by atoms with Crippen LogP contribution in [0, 0.1) is 0 Å². The third-order valence-corrected chi connectivity index (χ3v) is 14.9. The Kier molecular flexibility index (Phi) is 8.74. The van der Waals surface area contributed by atoms with Gasteiger partial charge < -0.3 is 23.0 Å². The van der Waals surface area contributed by atoms with Gasteiger partial charge >= 0.3 is 0 Å². The topological polar surface area (TPSA) is 37.2 Å². The second-order valence-corrected chi connectivity index (χ2v) is 21.4. The van der Waals surface area contributed by atoms with E-state index >= 15 is 0 Å². The van der Waals surface area contributed by atoms with E-state index in [9.17, 15) is 0 Å². The molecule has 0 aliphatic rings. The monoisotopic (exact) mass is 917 g/mol. The lowest BCUT2D eigenvalue weighted by Gasteiger charge is -2.26. The van der Waals surface area contributed by atoms with Crippen molar-refractivity contribution >= 4 is 127 Å². The second kappa shape index (κ2) is 15.0. The summed E-state index contributed by atoms with van der Waals surface area (Å²) in [6.07, 6.45) is 0. The number of rotatable bonds is 6. The number of hydrogen-bond acceptors (Lipinski definition) is 4. The third-order valence-electron chi connectivity index (χ3n) is 14.9. The van der Waals surface area contributed by atoms with Crippen LogP contribution in [-0.4, -0.2) is 4.40 Å². The van der Waals surface area contributed by atoms with Crippen molar-refractivity contribution in [2.75, 3.05) is 9.80 Å². The van der Waals surface area contributed by atoms with E-state index in [4.69, 9.17) is 8.83 Å². The van der Waals surface area contributed by atoms with Gasteiger partial charge in [0, 0.05) is 100 Å². The molecule has 4 aromatic heterocycles. The van der Waals surface area contributed by atoms with Gasteiger partial charge in [0.1, 0.15) is 22.3 Å². The van der Waals surface area contributed by atoms with Crippen molar-refractivity contribution in [2.24, 2.45) is 0 Å². The molecule has 0 atom stereocenters. The fourth-order valence-corrected chi connectivity index (χ4v) is 11.6. The van der Waals surface area contributed by atoms with Crippen LogP contribution >= 0.6 is 0 Å². The Hall–Kier alpha value is -8.54. The van der Waals surface area contributed by atoms with Gasteiger partial charge in [0.15, 0.2) is 0 Å². The van der Waals surface area contributed by atoms with Crippen molar-refractivity contribution in [1.29, 1.82) is 0 Å². The molecule has 14 rings (SSSR count). The van der Waals surface area contributed by atoms with E-state index in [1.54, 1.807) is 0 Å². The van der Waals surface area contributed by atoms with E-state index in [0.717, 1.165) is 78.0 Å². The predicted octanol–water partition coefficient (Wildman–Crippen LogP) is 19.3. The van der Waals surface area contributed by atoms with Crippen LogP contribution in [0.15, 0.2) is 209 Å². The first kappa shape index (κ1) is 41.4. The highest BCUT2D eigenvalue weighted by Crippen LogP contribution is 2.48. The van der Waals surface area contributed by atoms with Crippen LogP contribution in [0.5, 0.6) is 0 Å². The van der Waals surface area contributed by atoms with Crippen molar-refractivity contribution in [1.82, 2.24) is 4.40 Å². The summed E-state index contributed by atoms with van der Waals surface area (Å²) in [5, 5.41) is 11.9. The number of furan rings is 2. The first-order valence-corrected chi connectivity index (χ1v) is 24.7. The van der Waals surface area contributed by atoms with Gasteiger partial charge in [-0.1, -0.05) is 145 Å². The molecule has 0 spiro atoms. The number of fused-ring (bicyclic) bond motifs is 14. The van der Waals surface area contributed by atoms with Gasteiger partial charge in [-0.3, -0.25) is 0 Å². The van der Waals surface area contributed by atoms with E-state index in [-0.39, 0.29) is 10.8 Å². The Morgan fingerprint density at radius 3 is 1.38 bits per heavy atom. The molecule has 5 nitrogen and oxygen atoms in total. The van der Waals surface area contributed by atoms with Crippen molar-refractivity contribution in [3.63, 3.8) is 0 Å². The van der Waals surface area contributed by atoms with Gasteiger partial charge in [0.25, 0.3) is 0 Å². The third kappa shape index (κ3) is 6.25. The molecule has 0 saturated heterocycles. The molecule has 10 aromatic carbocycles. The Morgan fingerprint density at radius 1 is 0.338 bits per heavy atom. The molecule has 342 valence electrons. The zero-order chi connectivity index (χ0) is 47.9. The number of nitrogens with zero attached hydrogens (tertiary/aromatic N) is 3. The number of benzene rings is 10. The molecule has 0 unspecified atom stereocenters. The fraction of sp³-hybridized carbons (Fsp3) is 0.121. The molecular weight excluding hydrogens is 867 g/mol. The summed E-state index contributed by atoms with van der Waals surface area (Å²) >= 11 is 0. The van der Waals surface area contributed by atoms with E-state index < -0.39 is 0 Å². The number of hydrogen-bond donors (Lipinski definition) is 0. The molecule has 0 aliphatic heterocycles. The van der Waals surface area contributed by atoms with Crippen LogP contribution in [0.2, 0.25) is 0 Å². The minimum atomic E-state index is -0.0531. The van der Waals surface area contributed by atoms with E-state index in [1.807, 2.05) is 0 Å². The average Bonchev–Trinajstić information content (AvgIpc) is 4.13. The lowest BCUT2D eigenvalue weighted by Crippen LogP contribution is -2.10. The first-order chi connectivity index (χ1) is 34.5. The maximum absolute atomic E-state index is 6.78. The lowest BCUT2D eigenvalue weighted by molar-refractivity contribution is 0.572. The van der Waals surface area contributed by atoms with E-state index in [1.165, 1.54) is 60.0 Å². The van der Waals surface area contributed by atoms with Crippen LogP contribution in [0.3, 0.4) is 0 Å². The zero-order valence-corrected chi connectivity index (χ0v) is 40.7. The van der Waals surface area contributed by atoms with Crippen LogP contribution in [0.1, 0.15) is 52.7 Å². The predicted molar refractivity (Wildman–Crippen MR) is 300 cm³/mol. The SMILES string of the molecule is CC(C)(C)c1cccc2c1oc1cc(N(c3ccccc3)c3ccc4cc5c6ccc(N(c7ccccc7)c7ccc8c(c7)oc7c(C(C)(C)C)cccc78)cc6n6c7ccccc7c(c4c3)c56)ccc12. The minimum Gasteiger partial charge on any atom is -0.456 e. The zero-order valence-electron chi connectivity index (χ0n) is 40.7. The highest BCUT2D eigenvalue weighted by molar-refractivity contribution is 6.32. The van der Waals surface area contributed by atoms with Crippen molar-refractivity contribution in [3.8, 4) is 0 Å². The van der Waals surface area contributed by atoms with Crippen LogP contribution in [0.25, 0.3) is 92.7 Å². The summed E-state index contributed by atoms with van der Waals surface area (Å²) in [6, 6.07) is 73.0. The summed E-state index contributed by atoms with van der Waals surface area (Å²) < 4.78 is 16.1. The summed E-state index contributed by atoms with van der Waals surface area (Å²) in [5.74, 6) is 0. The molecule has 0 N–H and O–H groups in total. The van der Waals surface area contributed by atoms with E-state index in [2.05, 4.69) is 256 Å². The Labute approximate surface area is 411 Å². The molecule has 0 aliphatic carbocycles. The largest absolute Gasteiger partial charge is 0.456 e. The standard InChI is InChI=1S/C66H51N3O2/c1-65(2,3)55-24-15-22-50-48-33-30-45(38-59(48)70-63(50)55)67(41-17-9-7-10-18-41)43-28-27-40-35-54-47-32-29-44(37-58(47)69-57-26-14-13-21-52(57)61(62(54)69)53(40)36-43)68(42-19-11-8-12-20-42)46-31-34-49-51-23-16-25-56(66(4,5)6)64(51)71-60(49)39-46/h7-39H,1-6H3. The summed E-state index contributed by atoms with van der Waals surface area (Å²) in [7, 11) is 0. The summed E-state index contributed by atoms with van der Waals surface area (Å²) in [4.78, 5) is 4.72. The van der Waals surface area contributed by atoms with Crippen molar-refractivity contribution in [3.05, 3.63) is 211 Å². The maximum atomic E-state index is 6.78. The molecule has 0 amide bonds. The molecule has 0 radical (unpaired) electrons. The normalized spacial score (nSPS) is 12.6. The molecule has 0 bridgehead atoms. The van der Waals surface area contributed by atoms with Crippen LogP contribution < -0.4 is 9.80 Å². The quantitative estimate of drug-likeness (QED) is 0.167. The average molecular weight is 918 g/mol. The maximum Gasteiger partial charge on any atom is 0.139 e. The van der Waals surface area contributed by atoms with E-state index in [0.29, 0.717) is 0 Å². The fourth-order valence-electron chi connectivity index (χ4n) is 11.6. The van der Waals surface area contributed by atoms with Gasteiger partial charge in [0.05, 0.1) is 16.6 Å². The molecular formula is C66H51N3O2. The molecule has 4 heterocycles. The molecule has 5 heteroatoms. The Morgan fingerprint density at radius 2 is 0.817 bits per heavy atom. The highest BCUT2D eigenvalue weighted by atomic mass is 16.3. The number of anilines is 6. The van der Waals surface area contributed by atoms with Gasteiger partial charge in [-0.2, -0.15) is 0 Å². The molecule has 14 aromatic rings. The van der Waals surface area contributed by atoms with Gasteiger partial charge in [-0.25, -0.2) is 0 Å². The Bertz CT molecular complexity index is 4230. The van der Waals surface area contributed by atoms with Gasteiger partial charge in [-0.05, 0) is 107 Å². The lowest BCUT2D eigenvalue weighted by atomic mass is 9.86. The number of para-hydroxylation sites is 5.